The maximum Gasteiger partial charge on any atom is 0.358 e. The maximum atomic E-state index is 10.8. The third kappa shape index (κ3) is 1.83. The number of carboxylic acid groups (broad SMARTS) is 1. The van der Waals surface area contributed by atoms with Crippen LogP contribution in [0.1, 0.15) is 16.5 Å². The molecule has 0 spiro atoms. The van der Waals surface area contributed by atoms with Crippen molar-refractivity contribution < 1.29 is 14.3 Å². The first-order chi connectivity index (χ1) is 10.2. The summed E-state index contributed by atoms with van der Waals surface area (Å²) in [5, 5.41) is 17.3. The zero-order valence-electron chi connectivity index (χ0n) is 10.9. The number of furan rings is 1. The molecule has 0 amide bonds. The van der Waals surface area contributed by atoms with Crippen LogP contribution >= 0.6 is 0 Å². The minimum absolute atomic E-state index is 0.0384. The third-order valence-electron chi connectivity index (χ3n) is 3.62. The third-order valence-corrected chi connectivity index (χ3v) is 3.62. The van der Waals surface area contributed by atoms with Crippen molar-refractivity contribution in [2.45, 2.75) is 6.04 Å². The average molecular weight is 285 g/mol. The van der Waals surface area contributed by atoms with Crippen molar-refractivity contribution in [2.24, 2.45) is 0 Å². The van der Waals surface area contributed by atoms with Crippen molar-refractivity contribution in [3.63, 3.8) is 0 Å². The molecule has 1 fully saturated rings. The largest absolute Gasteiger partial charge is 0.476 e. The first-order valence-electron chi connectivity index (χ1n) is 6.44. The van der Waals surface area contributed by atoms with Crippen LogP contribution in [-0.4, -0.2) is 44.1 Å². The molecule has 0 saturated carbocycles. The smallest absolute Gasteiger partial charge is 0.358 e. The topological polar surface area (TPSA) is 97.3 Å². The van der Waals surface area contributed by atoms with Crippen LogP contribution < -0.4 is 4.90 Å². The molecule has 1 N–H and O–H groups in total. The Balaban J connectivity index is 1.54. The van der Waals surface area contributed by atoms with Gasteiger partial charge in [-0.2, -0.15) is 0 Å². The number of nitrogens with zero attached hydrogens (tertiary/aromatic N) is 5. The molecule has 0 aromatic carbocycles. The lowest BCUT2D eigenvalue weighted by molar-refractivity contribution is 0.0690. The summed E-state index contributed by atoms with van der Waals surface area (Å²) in [7, 11) is 0. The summed E-state index contributed by atoms with van der Waals surface area (Å²) in [5.74, 6) is -0.196. The van der Waals surface area contributed by atoms with Gasteiger partial charge in [0.2, 0.25) is 0 Å². The van der Waals surface area contributed by atoms with Crippen LogP contribution in [0.25, 0.3) is 11.0 Å². The highest BCUT2D eigenvalue weighted by molar-refractivity contribution is 5.88. The second-order valence-corrected chi connectivity index (χ2v) is 4.91. The number of carboxylic acids is 1. The summed E-state index contributed by atoms with van der Waals surface area (Å²) < 4.78 is 6.95. The molecule has 3 aromatic heterocycles. The fraction of sp³-hybridized carbons (Fsp3) is 0.231. The number of hydrogen-bond donors (Lipinski definition) is 1. The molecule has 1 aliphatic heterocycles. The second kappa shape index (κ2) is 4.30. The van der Waals surface area contributed by atoms with E-state index in [2.05, 4.69) is 20.2 Å². The van der Waals surface area contributed by atoms with Crippen molar-refractivity contribution in [2.75, 3.05) is 18.0 Å². The standard InChI is InChI=1S/C13H11N5O3/c19-13(20)10-7-18(16-15-10)8-5-17(6-8)12-9-2-4-21-11(9)1-3-14-12/h1-4,7-8H,5-6H2,(H,19,20). The number of rotatable bonds is 3. The quantitative estimate of drug-likeness (QED) is 0.771. The van der Waals surface area contributed by atoms with Crippen LogP contribution in [0.5, 0.6) is 0 Å². The Labute approximate surface area is 118 Å². The zero-order valence-corrected chi connectivity index (χ0v) is 10.9. The van der Waals surface area contributed by atoms with E-state index in [9.17, 15) is 4.79 Å². The van der Waals surface area contributed by atoms with Crippen molar-refractivity contribution >= 4 is 22.8 Å². The van der Waals surface area contributed by atoms with Gasteiger partial charge in [-0.15, -0.1) is 5.10 Å². The fourth-order valence-corrected chi connectivity index (χ4v) is 2.48. The molecule has 0 unspecified atom stereocenters. The molecule has 0 bridgehead atoms. The molecular weight excluding hydrogens is 274 g/mol. The molecule has 4 heterocycles. The summed E-state index contributed by atoms with van der Waals surface area (Å²) in [6.45, 7) is 1.42. The van der Waals surface area contributed by atoms with Crippen LogP contribution in [0, 0.1) is 0 Å². The van der Waals surface area contributed by atoms with Gasteiger partial charge in [-0.05, 0) is 12.1 Å². The minimum atomic E-state index is -1.07. The van der Waals surface area contributed by atoms with Gasteiger partial charge in [0.15, 0.2) is 5.69 Å². The summed E-state index contributed by atoms with van der Waals surface area (Å²) in [5.41, 5.74) is 0.765. The predicted octanol–water partition coefficient (Wildman–Crippen LogP) is 1.18. The normalized spacial score (nSPS) is 15.3. The van der Waals surface area contributed by atoms with Crippen molar-refractivity contribution in [1.82, 2.24) is 20.0 Å². The van der Waals surface area contributed by atoms with E-state index in [-0.39, 0.29) is 11.7 Å². The molecule has 0 radical (unpaired) electrons. The number of anilines is 1. The van der Waals surface area contributed by atoms with Gasteiger partial charge in [0.25, 0.3) is 0 Å². The molecule has 0 atom stereocenters. The van der Waals surface area contributed by atoms with Gasteiger partial charge in [0.1, 0.15) is 11.4 Å². The average Bonchev–Trinajstić information content (AvgIpc) is 3.05. The molecule has 1 saturated heterocycles. The van der Waals surface area contributed by atoms with Crippen LogP contribution in [0.4, 0.5) is 5.82 Å². The number of fused-ring (bicyclic) bond motifs is 1. The van der Waals surface area contributed by atoms with Gasteiger partial charge in [-0.25, -0.2) is 14.5 Å². The minimum Gasteiger partial charge on any atom is -0.476 e. The molecule has 106 valence electrons. The Bertz CT molecular complexity index is 818. The van der Waals surface area contributed by atoms with E-state index in [1.165, 1.54) is 6.20 Å². The fourth-order valence-electron chi connectivity index (χ4n) is 2.48. The Morgan fingerprint density at radius 2 is 2.24 bits per heavy atom. The van der Waals surface area contributed by atoms with E-state index >= 15 is 0 Å². The second-order valence-electron chi connectivity index (χ2n) is 4.91. The SMILES string of the molecule is O=C(O)c1cn(C2CN(c3nccc4occc34)C2)nn1. The summed E-state index contributed by atoms with van der Waals surface area (Å²) in [6.07, 6.45) is 4.81. The van der Waals surface area contributed by atoms with Gasteiger partial charge in [-0.3, -0.25) is 0 Å². The Morgan fingerprint density at radius 3 is 3.00 bits per heavy atom. The van der Waals surface area contributed by atoms with Gasteiger partial charge in [0.05, 0.1) is 23.9 Å². The predicted molar refractivity (Wildman–Crippen MR) is 72.2 cm³/mol. The van der Waals surface area contributed by atoms with Crippen molar-refractivity contribution in [3.8, 4) is 0 Å². The molecule has 8 nitrogen and oxygen atoms in total. The van der Waals surface area contributed by atoms with Crippen molar-refractivity contribution in [1.29, 1.82) is 0 Å². The maximum absolute atomic E-state index is 10.8. The van der Waals surface area contributed by atoms with Crippen LogP contribution in [0.15, 0.2) is 35.2 Å². The van der Waals surface area contributed by atoms with E-state index in [0.717, 1.165) is 16.8 Å². The molecule has 8 heteroatoms. The van der Waals surface area contributed by atoms with Crippen LogP contribution in [0.2, 0.25) is 0 Å². The Morgan fingerprint density at radius 1 is 1.38 bits per heavy atom. The molecule has 1 aliphatic rings. The van der Waals surface area contributed by atoms with E-state index in [0.29, 0.717) is 13.1 Å². The molecule has 0 aliphatic carbocycles. The zero-order chi connectivity index (χ0) is 14.4. The van der Waals surface area contributed by atoms with Crippen LogP contribution in [-0.2, 0) is 0 Å². The molecule has 21 heavy (non-hydrogen) atoms. The Hall–Kier alpha value is -2.90. The number of hydrogen-bond acceptors (Lipinski definition) is 6. The van der Waals surface area contributed by atoms with E-state index in [4.69, 9.17) is 9.52 Å². The monoisotopic (exact) mass is 285 g/mol. The highest BCUT2D eigenvalue weighted by atomic mass is 16.4. The number of carbonyl (C=O) groups is 1. The highest BCUT2D eigenvalue weighted by Gasteiger charge is 2.31. The van der Waals surface area contributed by atoms with E-state index in [1.807, 2.05) is 12.1 Å². The van der Waals surface area contributed by atoms with Gasteiger partial charge in [0, 0.05) is 19.3 Å². The van der Waals surface area contributed by atoms with E-state index < -0.39 is 5.97 Å². The lowest BCUT2D eigenvalue weighted by Crippen LogP contribution is -2.48. The number of aromatic nitrogens is 4. The summed E-state index contributed by atoms with van der Waals surface area (Å²) in [4.78, 5) is 17.3. The first kappa shape index (κ1) is 11.9. The molecular formula is C13H11N5O3. The van der Waals surface area contributed by atoms with Crippen LogP contribution in [0.3, 0.4) is 0 Å². The first-order valence-corrected chi connectivity index (χ1v) is 6.44. The summed E-state index contributed by atoms with van der Waals surface area (Å²) in [6, 6.07) is 3.82. The molecule has 4 rings (SSSR count). The van der Waals surface area contributed by atoms with Gasteiger partial charge in [-0.1, -0.05) is 5.21 Å². The molecule has 3 aromatic rings. The lowest BCUT2D eigenvalue weighted by Gasteiger charge is -2.39. The number of aromatic carboxylic acids is 1. The lowest BCUT2D eigenvalue weighted by atomic mass is 10.1. The Kier molecular flexibility index (Phi) is 2.44. The van der Waals surface area contributed by atoms with Crippen molar-refractivity contribution in [3.05, 3.63) is 36.5 Å². The summed E-state index contributed by atoms with van der Waals surface area (Å²) >= 11 is 0. The van der Waals surface area contributed by atoms with Gasteiger partial charge < -0.3 is 14.4 Å². The van der Waals surface area contributed by atoms with Gasteiger partial charge >= 0.3 is 5.97 Å². The van der Waals surface area contributed by atoms with E-state index in [1.54, 1.807) is 17.1 Å². The highest BCUT2D eigenvalue weighted by Crippen LogP contribution is 2.31. The number of pyridine rings is 1.